The largest absolute Gasteiger partial charge is 0.310 e. The number of H-pyrrole nitrogens is 1. The Labute approximate surface area is 158 Å². The molecule has 6 nitrogen and oxygen atoms in total. The van der Waals surface area contributed by atoms with Gasteiger partial charge >= 0.3 is 0 Å². The summed E-state index contributed by atoms with van der Waals surface area (Å²) in [7, 11) is 0. The second kappa shape index (κ2) is 7.86. The van der Waals surface area contributed by atoms with Crippen LogP contribution < -0.4 is 5.32 Å². The van der Waals surface area contributed by atoms with Crippen molar-refractivity contribution in [2.45, 2.75) is 17.3 Å². The van der Waals surface area contributed by atoms with Gasteiger partial charge in [-0.3, -0.25) is 9.89 Å². The van der Waals surface area contributed by atoms with E-state index in [0.717, 1.165) is 5.56 Å². The molecule has 1 aromatic carbocycles. The average Bonchev–Trinajstić information content (AvgIpc) is 3.06. The Morgan fingerprint density at radius 2 is 1.88 bits per heavy atom. The summed E-state index contributed by atoms with van der Waals surface area (Å²) < 4.78 is 0. The van der Waals surface area contributed by atoms with Crippen LogP contribution in [-0.2, 0) is 4.79 Å². The molecule has 0 radical (unpaired) electrons. The molecule has 3 aromatic rings. The third-order valence-electron chi connectivity index (χ3n) is 3.21. The molecule has 9 heteroatoms. The smallest absolute Gasteiger partial charge is 0.238 e. The van der Waals surface area contributed by atoms with Crippen molar-refractivity contribution in [3.05, 3.63) is 52.6 Å². The van der Waals surface area contributed by atoms with E-state index in [2.05, 4.69) is 25.5 Å². The minimum absolute atomic E-state index is 0.197. The van der Waals surface area contributed by atoms with Gasteiger partial charge in [0.25, 0.3) is 0 Å². The predicted molar refractivity (Wildman–Crippen MR) is 100 cm³/mol. The SMILES string of the molecule is CC(Sc1n[nH]c(-c2ccc(Cl)cc2)n1)C(=O)Nc1ccc(Cl)cn1. The highest BCUT2D eigenvalue weighted by Gasteiger charge is 2.18. The maximum atomic E-state index is 12.2. The molecule has 0 aliphatic carbocycles. The van der Waals surface area contributed by atoms with E-state index >= 15 is 0 Å². The number of aromatic nitrogens is 4. The third-order valence-corrected chi connectivity index (χ3v) is 4.65. The van der Waals surface area contributed by atoms with Crippen molar-refractivity contribution in [3.63, 3.8) is 0 Å². The van der Waals surface area contributed by atoms with E-state index in [1.807, 2.05) is 12.1 Å². The zero-order valence-electron chi connectivity index (χ0n) is 13.0. The number of carbonyl (C=O) groups is 1. The number of carbonyl (C=O) groups excluding carboxylic acids is 1. The standard InChI is InChI=1S/C16H13Cl2N5OS/c1-9(15(24)20-13-7-6-12(18)8-19-13)25-16-21-14(22-23-16)10-2-4-11(17)5-3-10/h2-9H,1H3,(H,19,20,24)(H,21,22,23). The van der Waals surface area contributed by atoms with Gasteiger partial charge in [0.05, 0.1) is 10.3 Å². The van der Waals surface area contributed by atoms with Gasteiger partial charge in [-0.2, -0.15) is 0 Å². The normalized spacial score (nSPS) is 12.0. The Balaban J connectivity index is 1.62. The van der Waals surface area contributed by atoms with Gasteiger partial charge in [-0.15, -0.1) is 5.10 Å². The van der Waals surface area contributed by atoms with E-state index in [4.69, 9.17) is 23.2 Å². The first-order valence-corrected chi connectivity index (χ1v) is 8.92. The number of hydrogen-bond donors (Lipinski definition) is 2. The average molecular weight is 394 g/mol. The first kappa shape index (κ1) is 17.7. The number of amides is 1. The molecule has 1 unspecified atom stereocenters. The maximum Gasteiger partial charge on any atom is 0.238 e. The molecule has 0 fully saturated rings. The molecule has 0 aliphatic heterocycles. The Bertz CT molecular complexity index is 867. The minimum atomic E-state index is -0.397. The van der Waals surface area contributed by atoms with Crippen molar-refractivity contribution < 1.29 is 4.79 Å². The fourth-order valence-corrected chi connectivity index (χ4v) is 2.89. The lowest BCUT2D eigenvalue weighted by atomic mass is 10.2. The zero-order chi connectivity index (χ0) is 17.8. The topological polar surface area (TPSA) is 83.6 Å². The Morgan fingerprint density at radius 1 is 1.16 bits per heavy atom. The molecule has 0 bridgehead atoms. The van der Waals surface area contributed by atoms with E-state index in [-0.39, 0.29) is 5.91 Å². The van der Waals surface area contributed by atoms with Crippen LogP contribution in [0.2, 0.25) is 10.0 Å². The summed E-state index contributed by atoms with van der Waals surface area (Å²) in [4.78, 5) is 20.7. The fraction of sp³-hybridized carbons (Fsp3) is 0.125. The number of rotatable bonds is 5. The molecule has 0 saturated heterocycles. The van der Waals surface area contributed by atoms with E-state index in [1.165, 1.54) is 18.0 Å². The van der Waals surface area contributed by atoms with E-state index in [1.54, 1.807) is 31.2 Å². The number of benzene rings is 1. The molecule has 1 amide bonds. The summed E-state index contributed by atoms with van der Waals surface area (Å²) in [6, 6.07) is 10.6. The van der Waals surface area contributed by atoms with Crippen molar-refractivity contribution in [3.8, 4) is 11.4 Å². The maximum absolute atomic E-state index is 12.2. The van der Waals surface area contributed by atoms with E-state index in [9.17, 15) is 4.79 Å². The molecule has 128 valence electrons. The van der Waals surface area contributed by atoms with E-state index in [0.29, 0.717) is 26.8 Å². The molecule has 2 N–H and O–H groups in total. The molecular weight excluding hydrogens is 381 g/mol. The summed E-state index contributed by atoms with van der Waals surface area (Å²) in [6.45, 7) is 1.77. The lowest BCUT2D eigenvalue weighted by molar-refractivity contribution is -0.115. The first-order valence-electron chi connectivity index (χ1n) is 7.28. The molecule has 0 spiro atoms. The predicted octanol–water partition coefficient (Wildman–Crippen LogP) is 4.29. The highest BCUT2D eigenvalue weighted by Crippen LogP contribution is 2.24. The Morgan fingerprint density at radius 3 is 2.56 bits per heavy atom. The van der Waals surface area contributed by atoms with Gasteiger partial charge in [-0.25, -0.2) is 9.97 Å². The van der Waals surface area contributed by atoms with Crippen molar-refractivity contribution in [1.82, 2.24) is 20.2 Å². The molecule has 0 saturated carbocycles. The molecule has 25 heavy (non-hydrogen) atoms. The lowest BCUT2D eigenvalue weighted by Gasteiger charge is -2.09. The van der Waals surface area contributed by atoms with Gasteiger partial charge in [-0.05, 0) is 43.3 Å². The number of pyridine rings is 1. The van der Waals surface area contributed by atoms with Crippen LogP contribution in [0.5, 0.6) is 0 Å². The van der Waals surface area contributed by atoms with Gasteiger partial charge < -0.3 is 5.32 Å². The minimum Gasteiger partial charge on any atom is -0.310 e. The monoisotopic (exact) mass is 393 g/mol. The number of nitrogens with one attached hydrogen (secondary N) is 2. The first-order chi connectivity index (χ1) is 12.0. The van der Waals surface area contributed by atoms with Gasteiger partial charge in [0.15, 0.2) is 5.82 Å². The number of anilines is 1. The van der Waals surface area contributed by atoms with Crippen molar-refractivity contribution in [2.24, 2.45) is 0 Å². The highest BCUT2D eigenvalue weighted by atomic mass is 35.5. The van der Waals surface area contributed by atoms with Crippen LogP contribution in [0.1, 0.15) is 6.92 Å². The second-order valence-electron chi connectivity index (χ2n) is 5.08. The Hall–Kier alpha value is -2.09. The van der Waals surface area contributed by atoms with Crippen LogP contribution in [0.4, 0.5) is 5.82 Å². The van der Waals surface area contributed by atoms with Gasteiger partial charge in [0.2, 0.25) is 11.1 Å². The van der Waals surface area contributed by atoms with Crippen LogP contribution in [0.25, 0.3) is 11.4 Å². The lowest BCUT2D eigenvalue weighted by Crippen LogP contribution is -2.23. The fourth-order valence-electron chi connectivity index (χ4n) is 1.93. The molecular formula is C16H13Cl2N5OS. The number of thioether (sulfide) groups is 1. The molecule has 1 atom stereocenters. The molecule has 2 aromatic heterocycles. The van der Waals surface area contributed by atoms with Gasteiger partial charge in [0, 0.05) is 16.8 Å². The number of nitrogens with zero attached hydrogens (tertiary/aromatic N) is 3. The molecule has 0 aliphatic rings. The quantitative estimate of drug-likeness (QED) is 0.631. The third kappa shape index (κ3) is 4.72. The number of halogens is 2. The number of hydrogen-bond acceptors (Lipinski definition) is 5. The summed E-state index contributed by atoms with van der Waals surface area (Å²) >= 11 is 12.9. The summed E-state index contributed by atoms with van der Waals surface area (Å²) in [5.41, 5.74) is 0.867. The van der Waals surface area contributed by atoms with Crippen LogP contribution >= 0.6 is 35.0 Å². The number of aromatic amines is 1. The molecule has 3 rings (SSSR count). The summed E-state index contributed by atoms with van der Waals surface area (Å²) in [5.74, 6) is 0.863. The molecule has 2 heterocycles. The Kier molecular flexibility index (Phi) is 5.57. The van der Waals surface area contributed by atoms with Crippen LogP contribution in [0.3, 0.4) is 0 Å². The van der Waals surface area contributed by atoms with Gasteiger partial charge in [0.1, 0.15) is 5.82 Å². The summed E-state index contributed by atoms with van der Waals surface area (Å²) in [6.07, 6.45) is 1.47. The van der Waals surface area contributed by atoms with Gasteiger partial charge in [-0.1, -0.05) is 35.0 Å². The summed E-state index contributed by atoms with van der Waals surface area (Å²) in [5, 5.41) is 11.0. The van der Waals surface area contributed by atoms with Crippen molar-refractivity contribution in [2.75, 3.05) is 5.32 Å². The second-order valence-corrected chi connectivity index (χ2v) is 7.27. The highest BCUT2D eigenvalue weighted by molar-refractivity contribution is 8.00. The van der Waals surface area contributed by atoms with E-state index < -0.39 is 5.25 Å². The van der Waals surface area contributed by atoms with Crippen molar-refractivity contribution >= 4 is 46.7 Å². The van der Waals surface area contributed by atoms with Crippen LogP contribution in [0, 0.1) is 0 Å². The van der Waals surface area contributed by atoms with Crippen LogP contribution in [-0.4, -0.2) is 31.3 Å². The van der Waals surface area contributed by atoms with Crippen molar-refractivity contribution in [1.29, 1.82) is 0 Å². The zero-order valence-corrected chi connectivity index (χ0v) is 15.4. The van der Waals surface area contributed by atoms with Crippen LogP contribution in [0.15, 0.2) is 47.8 Å².